The molecule has 1 unspecified atom stereocenters. The van der Waals surface area contributed by atoms with E-state index in [2.05, 4.69) is 10.3 Å². The number of nitrogens with one attached hydrogen (secondary N) is 1. The normalized spacial score (nSPS) is 26.2. The summed E-state index contributed by atoms with van der Waals surface area (Å²) in [4.78, 5) is 4.27. The Morgan fingerprint density at radius 3 is 2.74 bits per heavy atom. The predicted octanol–water partition coefficient (Wildman–Crippen LogP) is 0.841. The maximum absolute atomic E-state index is 5.78. The molecule has 1 atom stereocenters. The minimum atomic E-state index is -0.470. The van der Waals surface area contributed by atoms with Crippen LogP contribution in [0.15, 0.2) is 4.99 Å². The van der Waals surface area contributed by atoms with E-state index in [9.17, 15) is 0 Å². The molecule has 2 heterocycles. The largest absolute Gasteiger partial charge is 0.376 e. The van der Waals surface area contributed by atoms with Crippen LogP contribution in [0.3, 0.4) is 0 Å². The number of guanidine groups is 1. The van der Waals surface area contributed by atoms with Crippen LogP contribution >= 0.6 is 24.0 Å². The first-order valence-electron chi connectivity index (χ1n) is 6.61. The predicted molar refractivity (Wildman–Crippen MR) is 83.8 cm³/mol. The van der Waals surface area contributed by atoms with Gasteiger partial charge >= 0.3 is 0 Å². The van der Waals surface area contributed by atoms with Crippen molar-refractivity contribution >= 4 is 29.9 Å². The molecule has 0 amide bonds. The Balaban J connectivity index is 0.00000180. The van der Waals surface area contributed by atoms with Crippen molar-refractivity contribution in [2.45, 2.75) is 38.1 Å². The molecule has 0 aromatic rings. The molecule has 0 saturated carbocycles. The molecule has 0 aromatic heterocycles. The summed E-state index contributed by atoms with van der Waals surface area (Å²) in [6.45, 7) is 5.46. The van der Waals surface area contributed by atoms with Gasteiger partial charge in [0.1, 0.15) is 0 Å². The molecule has 2 aliphatic rings. The molecule has 3 N–H and O–H groups in total. The summed E-state index contributed by atoms with van der Waals surface area (Å²) in [6.07, 6.45) is 3.20. The average molecular weight is 385 g/mol. The third-order valence-corrected chi connectivity index (χ3v) is 3.27. The van der Waals surface area contributed by atoms with Gasteiger partial charge in [-0.2, -0.15) is 0 Å². The molecule has 0 aromatic carbocycles. The van der Waals surface area contributed by atoms with Gasteiger partial charge in [0.2, 0.25) is 0 Å². The monoisotopic (exact) mass is 385 g/mol. The minimum absolute atomic E-state index is 0. The van der Waals surface area contributed by atoms with Gasteiger partial charge in [0, 0.05) is 19.6 Å². The quantitative estimate of drug-likeness (QED) is 0.417. The fourth-order valence-corrected chi connectivity index (χ4v) is 2.16. The standard InChI is InChI=1S/C12H23N3O3.HI/c1-12(17-7-8-18-12)4-5-14-11(13)15-9-10-3-2-6-16-10;/h10H,2-9H2,1H3,(H3,13,14,15);1H. The second kappa shape index (κ2) is 8.23. The van der Waals surface area contributed by atoms with E-state index < -0.39 is 5.79 Å². The lowest BCUT2D eigenvalue weighted by Gasteiger charge is -2.22. The van der Waals surface area contributed by atoms with E-state index in [-0.39, 0.29) is 30.1 Å². The van der Waals surface area contributed by atoms with Gasteiger partial charge in [-0.05, 0) is 19.8 Å². The zero-order chi connectivity index (χ0) is 12.8. The second-order valence-electron chi connectivity index (χ2n) is 4.87. The highest BCUT2D eigenvalue weighted by Gasteiger charge is 2.30. The Bertz CT molecular complexity index is 290. The van der Waals surface area contributed by atoms with Crippen molar-refractivity contribution in [3.05, 3.63) is 0 Å². The van der Waals surface area contributed by atoms with Gasteiger partial charge in [0.15, 0.2) is 11.7 Å². The molecule has 0 radical (unpaired) electrons. The van der Waals surface area contributed by atoms with Crippen LogP contribution in [0.2, 0.25) is 0 Å². The molecule has 2 saturated heterocycles. The molecule has 6 nitrogen and oxygen atoms in total. The number of ether oxygens (including phenoxy) is 3. The molecule has 2 rings (SSSR count). The number of hydrogen-bond acceptors (Lipinski definition) is 4. The highest BCUT2D eigenvalue weighted by atomic mass is 127. The summed E-state index contributed by atoms with van der Waals surface area (Å²) in [7, 11) is 0. The van der Waals surface area contributed by atoms with E-state index >= 15 is 0 Å². The maximum atomic E-state index is 5.78. The zero-order valence-corrected chi connectivity index (χ0v) is 13.7. The van der Waals surface area contributed by atoms with Crippen molar-refractivity contribution in [2.75, 3.05) is 32.9 Å². The first-order valence-corrected chi connectivity index (χ1v) is 6.61. The van der Waals surface area contributed by atoms with Crippen LogP contribution in [0.1, 0.15) is 26.2 Å². The Hall–Kier alpha value is -0.120. The SMILES string of the molecule is CC1(CCNC(N)=NCC2CCCO2)OCCO1.I. The summed E-state index contributed by atoms with van der Waals surface area (Å²) >= 11 is 0. The lowest BCUT2D eigenvalue weighted by molar-refractivity contribution is -0.145. The van der Waals surface area contributed by atoms with Crippen LogP contribution in [-0.2, 0) is 14.2 Å². The first kappa shape index (κ1) is 16.9. The third-order valence-electron chi connectivity index (χ3n) is 3.27. The van der Waals surface area contributed by atoms with Gasteiger partial charge < -0.3 is 25.3 Å². The van der Waals surface area contributed by atoms with Crippen LogP contribution in [0, 0.1) is 0 Å². The van der Waals surface area contributed by atoms with Crippen LogP contribution < -0.4 is 11.1 Å². The van der Waals surface area contributed by atoms with E-state index in [0.29, 0.717) is 32.3 Å². The van der Waals surface area contributed by atoms with Gasteiger partial charge in [-0.1, -0.05) is 0 Å². The topological polar surface area (TPSA) is 78.1 Å². The smallest absolute Gasteiger partial charge is 0.188 e. The highest BCUT2D eigenvalue weighted by molar-refractivity contribution is 14.0. The van der Waals surface area contributed by atoms with Crippen molar-refractivity contribution in [2.24, 2.45) is 10.7 Å². The van der Waals surface area contributed by atoms with Crippen molar-refractivity contribution in [1.29, 1.82) is 0 Å². The van der Waals surface area contributed by atoms with Crippen LogP contribution in [-0.4, -0.2) is 50.8 Å². The maximum Gasteiger partial charge on any atom is 0.188 e. The lowest BCUT2D eigenvalue weighted by Crippen LogP contribution is -2.37. The van der Waals surface area contributed by atoms with Crippen LogP contribution in [0.4, 0.5) is 0 Å². The molecule has 0 bridgehead atoms. The lowest BCUT2D eigenvalue weighted by atomic mass is 10.2. The summed E-state index contributed by atoms with van der Waals surface area (Å²) in [6, 6.07) is 0. The number of nitrogens with two attached hydrogens (primary N) is 1. The molecule has 2 fully saturated rings. The van der Waals surface area contributed by atoms with Gasteiger partial charge in [-0.15, -0.1) is 24.0 Å². The molecular weight excluding hydrogens is 361 g/mol. The van der Waals surface area contributed by atoms with Gasteiger partial charge in [-0.3, -0.25) is 4.99 Å². The van der Waals surface area contributed by atoms with Gasteiger partial charge in [-0.25, -0.2) is 0 Å². The van der Waals surface area contributed by atoms with Crippen molar-refractivity contribution in [3.8, 4) is 0 Å². The highest BCUT2D eigenvalue weighted by Crippen LogP contribution is 2.21. The molecule has 0 aliphatic carbocycles. The number of aliphatic imine (C=N–C) groups is 1. The summed E-state index contributed by atoms with van der Waals surface area (Å²) in [5.74, 6) is -0.00549. The summed E-state index contributed by atoms with van der Waals surface area (Å²) in [5.41, 5.74) is 5.78. The molecule has 2 aliphatic heterocycles. The summed E-state index contributed by atoms with van der Waals surface area (Å²) in [5, 5.41) is 3.07. The number of nitrogens with zero attached hydrogens (tertiary/aromatic N) is 1. The van der Waals surface area contributed by atoms with E-state index in [0.717, 1.165) is 25.9 Å². The number of rotatable bonds is 5. The van der Waals surface area contributed by atoms with Crippen molar-refractivity contribution in [3.63, 3.8) is 0 Å². The number of hydrogen-bond donors (Lipinski definition) is 2. The van der Waals surface area contributed by atoms with E-state index in [1.54, 1.807) is 0 Å². The van der Waals surface area contributed by atoms with E-state index in [4.69, 9.17) is 19.9 Å². The van der Waals surface area contributed by atoms with Crippen LogP contribution in [0.25, 0.3) is 0 Å². The fourth-order valence-electron chi connectivity index (χ4n) is 2.16. The molecule has 0 spiro atoms. The van der Waals surface area contributed by atoms with Crippen LogP contribution in [0.5, 0.6) is 0 Å². The fraction of sp³-hybridized carbons (Fsp3) is 0.917. The van der Waals surface area contributed by atoms with E-state index in [1.807, 2.05) is 6.92 Å². The van der Waals surface area contributed by atoms with Crippen molar-refractivity contribution in [1.82, 2.24) is 5.32 Å². The molecule has 112 valence electrons. The molecular formula is C12H24IN3O3. The Morgan fingerprint density at radius 2 is 2.11 bits per heavy atom. The second-order valence-corrected chi connectivity index (χ2v) is 4.87. The minimum Gasteiger partial charge on any atom is -0.376 e. The molecule has 19 heavy (non-hydrogen) atoms. The first-order chi connectivity index (χ1) is 8.68. The zero-order valence-electron chi connectivity index (χ0n) is 11.4. The Kier molecular flexibility index (Phi) is 7.33. The third kappa shape index (κ3) is 5.80. The van der Waals surface area contributed by atoms with Gasteiger partial charge in [0.05, 0.1) is 25.9 Å². The average Bonchev–Trinajstić information content (AvgIpc) is 2.98. The Labute approximate surface area is 131 Å². The van der Waals surface area contributed by atoms with Crippen molar-refractivity contribution < 1.29 is 14.2 Å². The van der Waals surface area contributed by atoms with Gasteiger partial charge in [0.25, 0.3) is 0 Å². The summed E-state index contributed by atoms with van der Waals surface area (Å²) < 4.78 is 16.5. The molecule has 7 heteroatoms. The number of halogens is 1. The van der Waals surface area contributed by atoms with E-state index in [1.165, 1.54) is 0 Å². The Morgan fingerprint density at radius 1 is 1.37 bits per heavy atom.